The zero-order chi connectivity index (χ0) is 19.3. The maximum Gasteiger partial charge on any atom is 0.244 e. The quantitative estimate of drug-likeness (QED) is 0.231. The van der Waals surface area contributed by atoms with E-state index in [2.05, 4.69) is 12.2 Å². The molecule has 0 fully saturated rings. The SMILES string of the molecule is CCCCCCCCC[C@H](CC(=O)NO)C(=O)N[C@H](CO)C(C)(C)C. The van der Waals surface area contributed by atoms with E-state index in [0.29, 0.717) is 6.42 Å². The maximum atomic E-state index is 12.5. The predicted octanol–water partition coefficient (Wildman–Crippen LogP) is 3.16. The summed E-state index contributed by atoms with van der Waals surface area (Å²) in [5, 5.41) is 21.1. The molecule has 2 atom stereocenters. The molecule has 0 unspecified atom stereocenters. The molecule has 0 saturated heterocycles. The number of carbonyl (C=O) groups is 2. The Hall–Kier alpha value is -1.14. The first-order chi connectivity index (χ1) is 11.8. The van der Waals surface area contributed by atoms with Crippen LogP contribution in [-0.2, 0) is 9.59 Å². The molecule has 0 saturated carbocycles. The van der Waals surface area contributed by atoms with Gasteiger partial charge in [0.15, 0.2) is 0 Å². The smallest absolute Gasteiger partial charge is 0.244 e. The van der Waals surface area contributed by atoms with Crippen molar-refractivity contribution in [2.45, 2.75) is 91.5 Å². The Balaban J connectivity index is 4.50. The Kier molecular flexibility index (Phi) is 12.5. The van der Waals surface area contributed by atoms with Gasteiger partial charge >= 0.3 is 0 Å². The van der Waals surface area contributed by atoms with Crippen LogP contribution in [0.1, 0.15) is 85.5 Å². The van der Waals surface area contributed by atoms with Crippen molar-refractivity contribution in [3.63, 3.8) is 0 Å². The molecule has 25 heavy (non-hydrogen) atoms. The first-order valence-electron chi connectivity index (χ1n) is 9.60. The highest BCUT2D eigenvalue weighted by molar-refractivity contribution is 5.85. The van der Waals surface area contributed by atoms with E-state index in [1.54, 1.807) is 5.48 Å². The van der Waals surface area contributed by atoms with Gasteiger partial charge in [0.2, 0.25) is 11.8 Å². The van der Waals surface area contributed by atoms with Gasteiger partial charge in [-0.2, -0.15) is 0 Å². The van der Waals surface area contributed by atoms with Gasteiger partial charge in [0.25, 0.3) is 0 Å². The molecule has 0 bridgehead atoms. The third-order valence-electron chi connectivity index (χ3n) is 4.63. The standard InChI is InChI=1S/C19H38N2O4/c1-5-6-7-8-9-10-11-12-15(13-17(23)21-25)18(24)20-16(14-22)19(2,3)4/h15-16,22,25H,5-14H2,1-4H3,(H,20,24)(H,21,23)/t15-,16-/m1/s1. The Morgan fingerprint density at radius 3 is 2.04 bits per heavy atom. The Morgan fingerprint density at radius 2 is 1.56 bits per heavy atom. The van der Waals surface area contributed by atoms with Crippen LogP contribution >= 0.6 is 0 Å². The molecule has 0 aliphatic rings. The van der Waals surface area contributed by atoms with Crippen molar-refractivity contribution in [2.24, 2.45) is 11.3 Å². The lowest BCUT2D eigenvalue weighted by Gasteiger charge is -2.31. The third kappa shape index (κ3) is 11.2. The topological polar surface area (TPSA) is 98.7 Å². The molecule has 0 radical (unpaired) electrons. The van der Waals surface area contributed by atoms with E-state index in [1.165, 1.54) is 25.7 Å². The zero-order valence-corrected chi connectivity index (χ0v) is 16.4. The average molecular weight is 359 g/mol. The Bertz CT molecular complexity index is 380. The van der Waals surface area contributed by atoms with E-state index in [4.69, 9.17) is 5.21 Å². The van der Waals surface area contributed by atoms with Gasteiger partial charge in [-0.25, -0.2) is 5.48 Å². The second kappa shape index (κ2) is 13.1. The number of aliphatic hydroxyl groups excluding tert-OH is 1. The Morgan fingerprint density at radius 1 is 1.00 bits per heavy atom. The zero-order valence-electron chi connectivity index (χ0n) is 16.4. The molecule has 0 aliphatic carbocycles. The van der Waals surface area contributed by atoms with Crippen LogP contribution in [0, 0.1) is 11.3 Å². The molecule has 0 aromatic heterocycles. The van der Waals surface area contributed by atoms with E-state index < -0.39 is 11.8 Å². The molecule has 148 valence electrons. The number of hydrogen-bond acceptors (Lipinski definition) is 4. The van der Waals surface area contributed by atoms with Gasteiger partial charge in [-0.3, -0.25) is 14.8 Å². The fourth-order valence-corrected chi connectivity index (χ4v) is 2.77. The summed E-state index contributed by atoms with van der Waals surface area (Å²) < 4.78 is 0. The lowest BCUT2D eigenvalue weighted by Crippen LogP contribution is -2.48. The normalized spacial score (nSPS) is 14.0. The average Bonchev–Trinajstić information content (AvgIpc) is 2.56. The molecular formula is C19H38N2O4. The van der Waals surface area contributed by atoms with Crippen LogP contribution in [0.5, 0.6) is 0 Å². The van der Waals surface area contributed by atoms with Crippen molar-refractivity contribution >= 4 is 11.8 Å². The molecule has 6 nitrogen and oxygen atoms in total. The van der Waals surface area contributed by atoms with Crippen LogP contribution in [0.2, 0.25) is 0 Å². The number of rotatable bonds is 13. The minimum Gasteiger partial charge on any atom is -0.394 e. The summed E-state index contributed by atoms with van der Waals surface area (Å²) in [5.41, 5.74) is 1.33. The van der Waals surface area contributed by atoms with Crippen LogP contribution in [0.3, 0.4) is 0 Å². The highest BCUT2D eigenvalue weighted by Gasteiger charge is 2.29. The minimum atomic E-state index is -0.556. The number of unbranched alkanes of at least 4 members (excludes halogenated alkanes) is 6. The molecular weight excluding hydrogens is 320 g/mol. The van der Waals surface area contributed by atoms with Crippen LogP contribution < -0.4 is 10.8 Å². The van der Waals surface area contributed by atoms with Gasteiger partial charge in [-0.1, -0.05) is 72.6 Å². The number of aliphatic hydroxyl groups is 1. The maximum absolute atomic E-state index is 12.5. The van der Waals surface area contributed by atoms with Crippen molar-refractivity contribution in [3.05, 3.63) is 0 Å². The molecule has 2 amide bonds. The molecule has 6 heteroatoms. The van der Waals surface area contributed by atoms with Crippen LogP contribution in [0.4, 0.5) is 0 Å². The number of hydroxylamine groups is 1. The molecule has 0 heterocycles. The summed E-state index contributed by atoms with van der Waals surface area (Å²) in [4.78, 5) is 24.0. The number of amides is 2. The van der Waals surface area contributed by atoms with Crippen LogP contribution in [0.15, 0.2) is 0 Å². The number of carbonyl (C=O) groups excluding carboxylic acids is 2. The summed E-state index contributed by atoms with van der Waals surface area (Å²) in [6.07, 6.45) is 8.56. The van der Waals surface area contributed by atoms with Gasteiger partial charge in [0.1, 0.15) is 0 Å². The van der Waals surface area contributed by atoms with Gasteiger partial charge in [0.05, 0.1) is 12.6 Å². The lowest BCUT2D eigenvalue weighted by atomic mass is 9.86. The minimum absolute atomic E-state index is 0.0412. The van der Waals surface area contributed by atoms with E-state index in [-0.39, 0.29) is 30.4 Å². The fourth-order valence-electron chi connectivity index (χ4n) is 2.77. The van der Waals surface area contributed by atoms with E-state index >= 15 is 0 Å². The highest BCUT2D eigenvalue weighted by Crippen LogP contribution is 2.21. The van der Waals surface area contributed by atoms with Gasteiger partial charge < -0.3 is 10.4 Å². The first kappa shape index (κ1) is 23.9. The summed E-state index contributed by atoms with van der Waals surface area (Å²) in [7, 11) is 0. The third-order valence-corrected chi connectivity index (χ3v) is 4.63. The van der Waals surface area contributed by atoms with Gasteiger partial charge in [-0.05, 0) is 11.8 Å². The lowest BCUT2D eigenvalue weighted by molar-refractivity contribution is -0.135. The molecule has 0 spiro atoms. The van der Waals surface area contributed by atoms with Crippen molar-refractivity contribution in [1.29, 1.82) is 0 Å². The largest absolute Gasteiger partial charge is 0.394 e. The van der Waals surface area contributed by atoms with Crippen molar-refractivity contribution in [1.82, 2.24) is 10.8 Å². The molecule has 0 aromatic rings. The molecule has 0 rings (SSSR count). The summed E-state index contributed by atoms with van der Waals surface area (Å²) in [6, 6.07) is -0.367. The first-order valence-corrected chi connectivity index (χ1v) is 9.60. The van der Waals surface area contributed by atoms with Crippen LogP contribution in [0.25, 0.3) is 0 Å². The number of nitrogens with one attached hydrogen (secondary N) is 2. The number of hydrogen-bond donors (Lipinski definition) is 4. The monoisotopic (exact) mass is 358 g/mol. The molecule has 4 N–H and O–H groups in total. The second-order valence-electron chi connectivity index (χ2n) is 7.96. The summed E-state index contributed by atoms with van der Waals surface area (Å²) in [5.74, 6) is -1.28. The molecule has 0 aliphatic heterocycles. The van der Waals surface area contributed by atoms with E-state index in [0.717, 1.165) is 19.3 Å². The predicted molar refractivity (Wildman–Crippen MR) is 99.1 cm³/mol. The summed E-state index contributed by atoms with van der Waals surface area (Å²) >= 11 is 0. The summed E-state index contributed by atoms with van der Waals surface area (Å²) in [6.45, 7) is 7.87. The second-order valence-corrected chi connectivity index (χ2v) is 7.96. The van der Waals surface area contributed by atoms with Gasteiger partial charge in [-0.15, -0.1) is 0 Å². The van der Waals surface area contributed by atoms with Crippen molar-refractivity contribution in [2.75, 3.05) is 6.61 Å². The van der Waals surface area contributed by atoms with E-state index in [1.807, 2.05) is 20.8 Å². The van der Waals surface area contributed by atoms with E-state index in [9.17, 15) is 14.7 Å². The van der Waals surface area contributed by atoms with Gasteiger partial charge in [0, 0.05) is 12.3 Å². The fraction of sp³-hybridized carbons (Fsp3) is 0.895. The highest BCUT2D eigenvalue weighted by atomic mass is 16.5. The Labute approximate surface area is 152 Å². The van der Waals surface area contributed by atoms with Crippen molar-refractivity contribution < 1.29 is 19.9 Å². The van der Waals surface area contributed by atoms with Crippen molar-refractivity contribution in [3.8, 4) is 0 Å². The van der Waals surface area contributed by atoms with Crippen LogP contribution in [-0.4, -0.2) is 34.8 Å². The molecule has 0 aromatic carbocycles.